The number of halogens is 1. The summed E-state index contributed by atoms with van der Waals surface area (Å²) in [4.78, 5) is 36.0. The van der Waals surface area contributed by atoms with Gasteiger partial charge in [0, 0.05) is 12.3 Å². The molecule has 0 aliphatic carbocycles. The number of rotatable bonds is 10. The molecule has 0 unspecified atom stereocenters. The molecule has 1 aromatic carbocycles. The molecule has 1 aliphatic rings. The van der Waals surface area contributed by atoms with Gasteiger partial charge >= 0.3 is 19.4 Å². The Kier molecular flexibility index (Phi) is 8.60. The molecule has 0 amide bonds. The second-order valence-electron chi connectivity index (χ2n) is 8.81. The fraction of sp³-hybridized carbons (Fsp3) is 0.500. The van der Waals surface area contributed by atoms with Crippen LogP contribution < -0.4 is 20.9 Å². The van der Waals surface area contributed by atoms with Crippen LogP contribution in [0.1, 0.15) is 33.9 Å². The van der Waals surface area contributed by atoms with Crippen LogP contribution in [0.3, 0.4) is 0 Å². The Labute approximate surface area is 210 Å². The average molecular weight is 545 g/mol. The molecule has 0 spiro atoms. The lowest BCUT2D eigenvalue weighted by Crippen LogP contribution is -2.46. The van der Waals surface area contributed by atoms with Crippen LogP contribution in [0.2, 0.25) is 0 Å². The Morgan fingerprint density at radius 1 is 1.24 bits per heavy atom. The van der Waals surface area contributed by atoms with Gasteiger partial charge in [0.25, 0.3) is 5.56 Å². The van der Waals surface area contributed by atoms with Crippen molar-refractivity contribution >= 4 is 13.7 Å². The zero-order valence-electron chi connectivity index (χ0n) is 20.5. The molecule has 1 aromatic heterocycles. The number of ether oxygens (including phenoxy) is 2. The normalized spacial score (nSPS) is 26.0. The highest BCUT2D eigenvalue weighted by atomic mass is 31.2. The van der Waals surface area contributed by atoms with E-state index >= 15 is 4.39 Å². The second kappa shape index (κ2) is 11.2. The van der Waals surface area contributed by atoms with Gasteiger partial charge in [-0.15, -0.1) is 0 Å². The van der Waals surface area contributed by atoms with Crippen molar-refractivity contribution in [3.8, 4) is 5.75 Å². The standard InChI is InChI=1S/C22H29FN3O10P/c1-13(2)34-19(29)14(3)24-37(32,36-15-8-6-5-7-9-15)33-12-16-18(28)22(4,23)20(35-16)25-11-10-17(27)26(31)21(25)30/h5-11,13-14,16,18,20,28,31H,12H2,1-4H3,(H,24,32)/t14-,16+,18+,20+,22+,37-/m0/s1. The maximum atomic E-state index is 15.5. The maximum absolute atomic E-state index is 15.5. The predicted molar refractivity (Wildman–Crippen MR) is 126 cm³/mol. The molecule has 37 heavy (non-hydrogen) atoms. The summed E-state index contributed by atoms with van der Waals surface area (Å²) in [6.45, 7) is 4.90. The Bertz CT molecular complexity index is 1270. The van der Waals surface area contributed by atoms with Crippen molar-refractivity contribution in [2.75, 3.05) is 6.61 Å². The smallest absolute Gasteiger partial charge is 0.459 e. The minimum Gasteiger partial charge on any atom is -0.462 e. The van der Waals surface area contributed by atoms with Crippen LogP contribution in [0.25, 0.3) is 0 Å². The molecule has 13 nitrogen and oxygen atoms in total. The first-order chi connectivity index (χ1) is 17.2. The van der Waals surface area contributed by atoms with Gasteiger partial charge in [-0.1, -0.05) is 22.9 Å². The van der Waals surface area contributed by atoms with E-state index < -0.39 is 67.8 Å². The summed E-state index contributed by atoms with van der Waals surface area (Å²) in [5.41, 5.74) is -4.94. The molecule has 204 valence electrons. The number of carbonyl (C=O) groups is 1. The third kappa shape index (κ3) is 6.46. The van der Waals surface area contributed by atoms with Gasteiger partial charge in [0.2, 0.25) is 0 Å². The third-order valence-electron chi connectivity index (χ3n) is 5.39. The summed E-state index contributed by atoms with van der Waals surface area (Å²) in [6.07, 6.45) is -4.67. The van der Waals surface area contributed by atoms with E-state index in [9.17, 15) is 29.3 Å². The maximum Gasteiger partial charge on any atom is 0.459 e. The van der Waals surface area contributed by atoms with Gasteiger partial charge in [-0.25, -0.2) is 13.8 Å². The molecule has 2 aromatic rings. The molecule has 1 aliphatic heterocycles. The summed E-state index contributed by atoms with van der Waals surface area (Å²) in [5, 5.41) is 22.6. The Morgan fingerprint density at radius 3 is 2.51 bits per heavy atom. The number of nitrogens with one attached hydrogen (secondary N) is 1. The molecule has 0 saturated carbocycles. The van der Waals surface area contributed by atoms with Gasteiger partial charge < -0.3 is 24.3 Å². The first-order valence-electron chi connectivity index (χ1n) is 11.3. The molecule has 6 atom stereocenters. The summed E-state index contributed by atoms with van der Waals surface area (Å²) in [6, 6.07) is 7.54. The average Bonchev–Trinajstić information content (AvgIpc) is 3.05. The summed E-state index contributed by atoms with van der Waals surface area (Å²) in [5.74, 6) is -0.608. The van der Waals surface area contributed by atoms with Gasteiger partial charge in [-0.2, -0.15) is 5.09 Å². The number of carbonyl (C=O) groups excluding carboxylic acids is 1. The minimum atomic E-state index is -4.35. The number of alkyl halides is 1. The van der Waals surface area contributed by atoms with Crippen LogP contribution >= 0.6 is 7.75 Å². The molecule has 1 saturated heterocycles. The van der Waals surface area contributed by atoms with E-state index in [1.165, 1.54) is 19.1 Å². The van der Waals surface area contributed by atoms with Crippen LogP contribution in [0.15, 0.2) is 52.2 Å². The number of benzene rings is 1. The number of aliphatic hydroxyl groups excluding tert-OH is 1. The number of hydrogen-bond donors (Lipinski definition) is 3. The fourth-order valence-corrected chi connectivity index (χ4v) is 5.02. The van der Waals surface area contributed by atoms with Crippen molar-refractivity contribution in [1.82, 2.24) is 14.4 Å². The van der Waals surface area contributed by atoms with E-state index in [0.717, 1.165) is 19.2 Å². The highest BCUT2D eigenvalue weighted by Gasteiger charge is 2.56. The van der Waals surface area contributed by atoms with Crippen LogP contribution in [-0.4, -0.2) is 62.2 Å². The van der Waals surface area contributed by atoms with E-state index in [2.05, 4.69) is 5.09 Å². The zero-order valence-corrected chi connectivity index (χ0v) is 21.4. The van der Waals surface area contributed by atoms with E-state index in [-0.39, 0.29) is 10.5 Å². The number of hydrogen-bond acceptors (Lipinski definition) is 10. The number of para-hydroxylation sites is 1. The molecule has 3 rings (SSSR count). The van der Waals surface area contributed by atoms with Crippen molar-refractivity contribution in [3.63, 3.8) is 0 Å². The first-order valence-corrected chi connectivity index (χ1v) is 12.8. The molecule has 3 N–H and O–H groups in total. The number of aliphatic hydroxyl groups is 1. The Hall–Kier alpha value is -3.03. The largest absolute Gasteiger partial charge is 0.462 e. The van der Waals surface area contributed by atoms with E-state index in [4.69, 9.17) is 18.5 Å². The van der Waals surface area contributed by atoms with Crippen molar-refractivity contribution in [3.05, 3.63) is 63.4 Å². The highest BCUT2D eigenvalue weighted by Crippen LogP contribution is 2.47. The van der Waals surface area contributed by atoms with Crippen LogP contribution in [0, 0.1) is 0 Å². The number of aromatic nitrogens is 2. The topological polar surface area (TPSA) is 168 Å². The van der Waals surface area contributed by atoms with Gasteiger partial charge in [0.15, 0.2) is 11.9 Å². The zero-order chi connectivity index (χ0) is 27.5. The molecule has 0 radical (unpaired) electrons. The van der Waals surface area contributed by atoms with E-state index in [1.807, 2.05) is 0 Å². The molecular formula is C22H29FN3O10P. The SMILES string of the molecule is CC(C)OC(=O)[C@H](C)N[P@](=O)(OC[C@H]1O[C@@H](n2ccc(=O)n(O)c2=O)[C@](C)(F)[C@@H]1O)Oc1ccccc1. The molecular weight excluding hydrogens is 516 g/mol. The van der Waals surface area contributed by atoms with Crippen LogP contribution in [-0.2, 0) is 23.4 Å². The van der Waals surface area contributed by atoms with Crippen molar-refractivity contribution in [2.45, 2.75) is 63.9 Å². The molecule has 1 fully saturated rings. The van der Waals surface area contributed by atoms with Crippen molar-refractivity contribution in [1.29, 1.82) is 0 Å². The molecule has 0 bridgehead atoms. The van der Waals surface area contributed by atoms with Crippen LogP contribution in [0.5, 0.6) is 5.75 Å². The lowest BCUT2D eigenvalue weighted by atomic mass is 9.98. The third-order valence-corrected chi connectivity index (χ3v) is 7.04. The summed E-state index contributed by atoms with van der Waals surface area (Å²) < 4.78 is 50.9. The Balaban J connectivity index is 1.82. The lowest BCUT2D eigenvalue weighted by molar-refractivity contribution is -0.149. The summed E-state index contributed by atoms with van der Waals surface area (Å²) >= 11 is 0. The molecule has 15 heteroatoms. The van der Waals surface area contributed by atoms with E-state index in [0.29, 0.717) is 4.57 Å². The number of nitrogens with zero attached hydrogens (tertiary/aromatic N) is 2. The second-order valence-corrected chi connectivity index (χ2v) is 10.5. The van der Waals surface area contributed by atoms with Crippen molar-refractivity contribution in [2.24, 2.45) is 0 Å². The monoisotopic (exact) mass is 545 g/mol. The first kappa shape index (κ1) is 28.5. The predicted octanol–water partition coefficient (Wildman–Crippen LogP) is 1.37. The lowest BCUT2D eigenvalue weighted by Gasteiger charge is -2.25. The van der Waals surface area contributed by atoms with Crippen LogP contribution in [0.4, 0.5) is 4.39 Å². The van der Waals surface area contributed by atoms with Gasteiger partial charge in [-0.05, 0) is 39.8 Å². The van der Waals surface area contributed by atoms with Crippen molar-refractivity contribution < 1.29 is 42.6 Å². The van der Waals surface area contributed by atoms with Gasteiger partial charge in [0.05, 0.1) is 12.7 Å². The van der Waals surface area contributed by atoms with E-state index in [1.54, 1.807) is 32.0 Å². The van der Waals surface area contributed by atoms with Gasteiger partial charge in [-0.3, -0.25) is 18.7 Å². The summed E-state index contributed by atoms with van der Waals surface area (Å²) in [7, 11) is -4.35. The quantitative estimate of drug-likeness (QED) is 0.224. The number of esters is 1. The van der Waals surface area contributed by atoms with Gasteiger partial charge in [0.1, 0.15) is 24.0 Å². The minimum absolute atomic E-state index is 0.126. The Morgan fingerprint density at radius 2 is 1.89 bits per heavy atom. The fourth-order valence-electron chi connectivity index (χ4n) is 3.52. The molecule has 2 heterocycles. The highest BCUT2D eigenvalue weighted by molar-refractivity contribution is 7.52.